The van der Waals surface area contributed by atoms with Gasteiger partial charge < -0.3 is 4.74 Å². The number of allylic oxidation sites excluding steroid dienone is 1. The lowest BCUT2D eigenvalue weighted by Gasteiger charge is -2.05. The van der Waals surface area contributed by atoms with Gasteiger partial charge in [-0.25, -0.2) is 0 Å². The molecule has 0 radical (unpaired) electrons. The highest BCUT2D eigenvalue weighted by molar-refractivity contribution is 7.80. The normalized spacial score (nSPS) is 12.0. The van der Waals surface area contributed by atoms with Crippen molar-refractivity contribution in [1.29, 1.82) is 0 Å². The first kappa shape index (κ1) is 17.4. The first-order valence-electron chi connectivity index (χ1n) is 6.41. The molecule has 0 aromatic rings. The summed E-state index contributed by atoms with van der Waals surface area (Å²) in [6.45, 7) is 2.18. The fraction of sp³-hybridized carbons (Fsp3) is 0.769. The number of hydrogen-bond acceptors (Lipinski definition) is 2. The van der Waals surface area contributed by atoms with E-state index < -0.39 is 11.2 Å². The third-order valence-corrected chi connectivity index (χ3v) is 2.80. The second kappa shape index (κ2) is 10.4. The highest BCUT2D eigenvalue weighted by Crippen LogP contribution is 2.18. The molecule has 18 heavy (non-hydrogen) atoms. The summed E-state index contributed by atoms with van der Waals surface area (Å²) in [4.78, 5) is 0. The molecule has 0 aliphatic carbocycles. The molecule has 1 nitrogen and oxygen atoms in total. The fourth-order valence-corrected chi connectivity index (χ4v) is 1.52. The Morgan fingerprint density at radius 2 is 1.61 bits per heavy atom. The number of halogens is 3. The van der Waals surface area contributed by atoms with Gasteiger partial charge in [-0.2, -0.15) is 13.2 Å². The van der Waals surface area contributed by atoms with E-state index in [1.807, 2.05) is 0 Å². The molecule has 0 saturated heterocycles. The van der Waals surface area contributed by atoms with Crippen LogP contribution in [0.3, 0.4) is 0 Å². The molecule has 0 rings (SSSR count). The van der Waals surface area contributed by atoms with E-state index in [-0.39, 0.29) is 0 Å². The Hall–Kier alpha value is -0.580. The second-order valence-corrected chi connectivity index (χ2v) is 4.56. The third-order valence-electron chi connectivity index (χ3n) is 2.48. The molecule has 0 amide bonds. The fourth-order valence-electron chi connectivity index (χ4n) is 1.46. The van der Waals surface area contributed by atoms with Crippen molar-refractivity contribution in [2.24, 2.45) is 0 Å². The Morgan fingerprint density at radius 1 is 1.06 bits per heavy atom. The smallest absolute Gasteiger partial charge is 0.450 e. The molecule has 0 aromatic heterocycles. The van der Waals surface area contributed by atoms with Gasteiger partial charge in [0.25, 0.3) is 5.05 Å². The Labute approximate surface area is 112 Å². The molecule has 0 aromatic carbocycles. The topological polar surface area (TPSA) is 9.23 Å². The van der Waals surface area contributed by atoms with Gasteiger partial charge in [-0.05, 0) is 31.1 Å². The predicted octanol–water partition coefficient (Wildman–Crippen LogP) is 5.55. The summed E-state index contributed by atoms with van der Waals surface area (Å²) in [6, 6.07) is 0. The van der Waals surface area contributed by atoms with Gasteiger partial charge in [0.05, 0.1) is 6.26 Å². The Bertz CT molecular complexity index is 249. The molecule has 0 atom stereocenters. The Balaban J connectivity index is 3.36. The number of ether oxygens (including phenoxy) is 1. The van der Waals surface area contributed by atoms with Crippen LogP contribution in [0.25, 0.3) is 0 Å². The standard InChI is InChI=1S/C13H21F3OS/c1-2-3-4-5-6-7-8-9-10-11-17-12(18)13(14,15)16/h10-11H,2-9H2,1H3. The molecule has 0 bridgehead atoms. The van der Waals surface area contributed by atoms with E-state index in [0.717, 1.165) is 25.5 Å². The lowest BCUT2D eigenvalue weighted by molar-refractivity contribution is -0.0701. The minimum Gasteiger partial charge on any atom is -0.450 e. The Morgan fingerprint density at radius 3 is 2.17 bits per heavy atom. The third kappa shape index (κ3) is 10.6. The van der Waals surface area contributed by atoms with Crippen LogP contribution in [0.2, 0.25) is 0 Å². The summed E-state index contributed by atoms with van der Waals surface area (Å²) in [7, 11) is 0. The minimum absolute atomic E-state index is 0.730. The van der Waals surface area contributed by atoms with E-state index in [1.165, 1.54) is 32.1 Å². The van der Waals surface area contributed by atoms with Crippen LogP contribution in [0, 0.1) is 0 Å². The van der Waals surface area contributed by atoms with Crippen molar-refractivity contribution in [3.8, 4) is 0 Å². The van der Waals surface area contributed by atoms with Gasteiger partial charge in [0.2, 0.25) is 0 Å². The van der Waals surface area contributed by atoms with Crippen molar-refractivity contribution in [3.63, 3.8) is 0 Å². The molecule has 0 aliphatic rings. The maximum absolute atomic E-state index is 11.9. The van der Waals surface area contributed by atoms with E-state index in [9.17, 15) is 13.2 Å². The van der Waals surface area contributed by atoms with Crippen molar-refractivity contribution in [2.75, 3.05) is 0 Å². The molecule has 0 N–H and O–H groups in total. The van der Waals surface area contributed by atoms with Gasteiger partial charge in [0.15, 0.2) is 0 Å². The summed E-state index contributed by atoms with van der Waals surface area (Å²) in [5.41, 5.74) is 0. The predicted molar refractivity (Wildman–Crippen MR) is 71.5 cm³/mol. The van der Waals surface area contributed by atoms with E-state index in [4.69, 9.17) is 0 Å². The molecule has 0 saturated carbocycles. The van der Waals surface area contributed by atoms with Gasteiger partial charge in [-0.3, -0.25) is 0 Å². The van der Waals surface area contributed by atoms with Crippen LogP contribution in [-0.2, 0) is 4.74 Å². The van der Waals surface area contributed by atoms with Crippen LogP contribution in [0.1, 0.15) is 58.3 Å². The quantitative estimate of drug-likeness (QED) is 0.311. The zero-order valence-electron chi connectivity index (χ0n) is 10.8. The summed E-state index contributed by atoms with van der Waals surface area (Å²) >= 11 is 4.05. The molecule has 0 spiro atoms. The minimum atomic E-state index is -4.54. The summed E-state index contributed by atoms with van der Waals surface area (Å²) in [6.07, 6.45) is 7.12. The largest absolute Gasteiger partial charge is 0.460 e. The van der Waals surface area contributed by atoms with E-state index in [2.05, 4.69) is 23.9 Å². The number of rotatable bonds is 9. The number of hydrogen-bond donors (Lipinski definition) is 0. The van der Waals surface area contributed by atoms with Crippen molar-refractivity contribution in [3.05, 3.63) is 12.3 Å². The highest BCUT2D eigenvalue weighted by Gasteiger charge is 2.35. The van der Waals surface area contributed by atoms with Crippen molar-refractivity contribution >= 4 is 17.3 Å². The molecular weight excluding hydrogens is 261 g/mol. The van der Waals surface area contributed by atoms with Gasteiger partial charge >= 0.3 is 6.18 Å². The number of alkyl halides is 3. The van der Waals surface area contributed by atoms with Gasteiger partial charge in [-0.15, -0.1) is 0 Å². The maximum Gasteiger partial charge on any atom is 0.460 e. The van der Waals surface area contributed by atoms with Crippen molar-refractivity contribution in [2.45, 2.75) is 64.5 Å². The molecule has 0 fully saturated rings. The van der Waals surface area contributed by atoms with Crippen LogP contribution in [-0.4, -0.2) is 11.2 Å². The monoisotopic (exact) mass is 282 g/mol. The van der Waals surface area contributed by atoms with Crippen molar-refractivity contribution in [1.82, 2.24) is 0 Å². The van der Waals surface area contributed by atoms with Gasteiger partial charge in [0.1, 0.15) is 0 Å². The van der Waals surface area contributed by atoms with E-state index in [1.54, 1.807) is 6.08 Å². The van der Waals surface area contributed by atoms with Gasteiger partial charge in [0, 0.05) is 0 Å². The SMILES string of the molecule is CCCCCCCCCC=COC(=S)C(F)(F)F. The lowest BCUT2D eigenvalue weighted by atomic mass is 10.1. The second-order valence-electron chi connectivity index (χ2n) is 4.18. The zero-order valence-corrected chi connectivity index (χ0v) is 11.6. The van der Waals surface area contributed by atoms with E-state index >= 15 is 0 Å². The van der Waals surface area contributed by atoms with Crippen LogP contribution in [0.15, 0.2) is 12.3 Å². The first-order chi connectivity index (χ1) is 8.48. The number of unbranched alkanes of at least 4 members (excludes halogenated alkanes) is 7. The summed E-state index contributed by atoms with van der Waals surface area (Å²) < 4.78 is 40.1. The van der Waals surface area contributed by atoms with E-state index in [0.29, 0.717) is 0 Å². The summed E-state index contributed by atoms with van der Waals surface area (Å²) in [5.74, 6) is 0. The molecule has 0 aliphatic heterocycles. The average Bonchev–Trinajstić information content (AvgIpc) is 2.30. The zero-order chi connectivity index (χ0) is 13.9. The molecule has 5 heteroatoms. The van der Waals surface area contributed by atoms with Crippen LogP contribution >= 0.6 is 12.2 Å². The average molecular weight is 282 g/mol. The number of thiocarbonyl (C=S) groups is 1. The molecule has 0 unspecified atom stereocenters. The summed E-state index contributed by atoms with van der Waals surface area (Å²) in [5, 5.41) is -1.33. The molecule has 106 valence electrons. The van der Waals surface area contributed by atoms with Gasteiger partial charge in [-0.1, -0.05) is 45.4 Å². The van der Waals surface area contributed by atoms with Crippen LogP contribution < -0.4 is 0 Å². The van der Waals surface area contributed by atoms with Crippen LogP contribution in [0.4, 0.5) is 13.2 Å². The molecular formula is C13H21F3OS. The lowest BCUT2D eigenvalue weighted by Crippen LogP contribution is -2.21. The Kier molecular flexibility index (Phi) is 10.0. The maximum atomic E-state index is 11.9. The molecule has 0 heterocycles. The highest BCUT2D eigenvalue weighted by atomic mass is 32.1. The van der Waals surface area contributed by atoms with Crippen LogP contribution in [0.5, 0.6) is 0 Å². The first-order valence-corrected chi connectivity index (χ1v) is 6.82. The van der Waals surface area contributed by atoms with Crippen molar-refractivity contribution < 1.29 is 17.9 Å².